The van der Waals surface area contributed by atoms with E-state index in [0.717, 1.165) is 11.0 Å². The summed E-state index contributed by atoms with van der Waals surface area (Å²) in [6.07, 6.45) is 3.00. The fraction of sp³-hybridized carbons (Fsp3) is 0.368. The van der Waals surface area contributed by atoms with Crippen LogP contribution in [0.15, 0.2) is 24.3 Å². The molecule has 7 nitrogen and oxygen atoms in total. The summed E-state index contributed by atoms with van der Waals surface area (Å²) in [5, 5.41) is 1.98. The summed E-state index contributed by atoms with van der Waals surface area (Å²) in [5.74, 6) is -8.72. The van der Waals surface area contributed by atoms with Crippen LogP contribution in [0.5, 0.6) is 0 Å². The monoisotopic (exact) mass is 410 g/mol. The zero-order valence-corrected chi connectivity index (χ0v) is 15.3. The van der Waals surface area contributed by atoms with E-state index in [9.17, 15) is 32.3 Å². The summed E-state index contributed by atoms with van der Waals surface area (Å²) < 4.78 is 44.7. The summed E-state index contributed by atoms with van der Waals surface area (Å²) in [7, 11) is 0. The summed E-state index contributed by atoms with van der Waals surface area (Å²) in [6, 6.07) is 1.45. The smallest absolute Gasteiger partial charge is 0.326 e. The van der Waals surface area contributed by atoms with Crippen molar-refractivity contribution in [2.75, 3.05) is 11.9 Å². The third kappa shape index (κ3) is 4.01. The molecule has 154 valence electrons. The van der Waals surface area contributed by atoms with Gasteiger partial charge in [0.05, 0.1) is 17.5 Å². The predicted octanol–water partition coefficient (Wildman–Crippen LogP) is 1.93. The van der Waals surface area contributed by atoms with E-state index in [-0.39, 0.29) is 0 Å². The molecule has 0 radical (unpaired) electrons. The van der Waals surface area contributed by atoms with Crippen LogP contribution in [0.2, 0.25) is 0 Å². The van der Waals surface area contributed by atoms with Gasteiger partial charge in [-0.3, -0.25) is 24.1 Å². The van der Waals surface area contributed by atoms with Gasteiger partial charge in [-0.2, -0.15) is 0 Å². The van der Waals surface area contributed by atoms with Gasteiger partial charge in [0, 0.05) is 0 Å². The molecule has 1 aliphatic heterocycles. The number of likely N-dealkylation sites (tertiary alicyclic amines) is 1. The Balaban J connectivity index is 1.58. The molecule has 1 aromatic carbocycles. The number of fused-ring (bicyclic) bond motifs is 1. The number of imide groups is 1. The second-order valence-corrected chi connectivity index (χ2v) is 6.76. The van der Waals surface area contributed by atoms with Crippen LogP contribution in [0, 0.1) is 29.3 Å². The lowest BCUT2D eigenvalue weighted by Gasteiger charge is -2.17. The fourth-order valence-electron chi connectivity index (χ4n) is 3.30. The van der Waals surface area contributed by atoms with Gasteiger partial charge in [0.15, 0.2) is 23.6 Å². The Morgan fingerprint density at radius 1 is 1.10 bits per heavy atom. The van der Waals surface area contributed by atoms with Gasteiger partial charge in [0.2, 0.25) is 11.8 Å². The molecule has 0 unspecified atom stereocenters. The molecule has 1 aliphatic carbocycles. The van der Waals surface area contributed by atoms with Crippen LogP contribution in [0.1, 0.15) is 19.8 Å². The maximum Gasteiger partial charge on any atom is 0.326 e. The van der Waals surface area contributed by atoms with Gasteiger partial charge in [-0.1, -0.05) is 12.2 Å². The van der Waals surface area contributed by atoms with Gasteiger partial charge in [0.1, 0.15) is 6.54 Å². The normalized spacial score (nSPS) is 21.7. The van der Waals surface area contributed by atoms with E-state index in [1.807, 2.05) is 5.32 Å². The van der Waals surface area contributed by atoms with E-state index in [1.165, 1.54) is 6.92 Å². The highest BCUT2D eigenvalue weighted by Crippen LogP contribution is 2.34. The number of allylic oxidation sites excluding steroid dienone is 2. The number of rotatable bonds is 5. The Morgan fingerprint density at radius 3 is 2.28 bits per heavy atom. The number of hydrogen-bond donors (Lipinski definition) is 1. The first-order chi connectivity index (χ1) is 13.7. The van der Waals surface area contributed by atoms with Gasteiger partial charge in [-0.25, -0.2) is 13.2 Å². The van der Waals surface area contributed by atoms with Crippen molar-refractivity contribution in [3.05, 3.63) is 41.7 Å². The van der Waals surface area contributed by atoms with Gasteiger partial charge >= 0.3 is 5.97 Å². The first-order valence-electron chi connectivity index (χ1n) is 8.84. The van der Waals surface area contributed by atoms with Crippen molar-refractivity contribution in [1.82, 2.24) is 4.90 Å². The molecular formula is C19H17F3N2O5. The van der Waals surface area contributed by atoms with Crippen LogP contribution in [0.4, 0.5) is 18.9 Å². The molecule has 2 aliphatic rings. The Labute approximate surface area is 163 Å². The van der Waals surface area contributed by atoms with Crippen molar-refractivity contribution in [2.45, 2.75) is 25.9 Å². The molecule has 29 heavy (non-hydrogen) atoms. The number of ether oxygens (including phenoxy) is 1. The molecular weight excluding hydrogens is 393 g/mol. The number of esters is 1. The molecule has 3 rings (SSSR count). The number of nitrogens with zero attached hydrogens (tertiary/aromatic N) is 1. The number of benzene rings is 1. The summed E-state index contributed by atoms with van der Waals surface area (Å²) in [5.41, 5.74) is -0.627. The summed E-state index contributed by atoms with van der Waals surface area (Å²) in [6.45, 7) is 0.518. The van der Waals surface area contributed by atoms with Crippen LogP contribution >= 0.6 is 0 Å². The largest absolute Gasteiger partial charge is 0.451 e. The molecule has 1 aromatic rings. The van der Waals surface area contributed by atoms with Crippen LogP contribution in [0.25, 0.3) is 0 Å². The van der Waals surface area contributed by atoms with E-state index < -0.39 is 71.3 Å². The minimum absolute atomic E-state index is 0.416. The SMILES string of the molecule is C[C@@H](OC(=O)CN1C(=O)[C@H]2CC=CC[C@H]2C1=O)C(=O)Nc1ccc(F)c(F)c1F. The van der Waals surface area contributed by atoms with E-state index in [4.69, 9.17) is 4.74 Å². The minimum atomic E-state index is -1.76. The Morgan fingerprint density at radius 2 is 1.69 bits per heavy atom. The standard InChI is InChI=1S/C19H17F3N2O5/c1-9(17(26)23-13-7-6-12(20)15(21)16(13)22)29-14(25)8-24-18(27)10-4-2-3-5-11(10)19(24)28/h2-3,6-7,9-11H,4-5,8H2,1H3,(H,23,26)/t9-,10-,11+/m1/s1. The number of anilines is 1. The number of amides is 3. The van der Waals surface area contributed by atoms with Gasteiger partial charge in [-0.05, 0) is 31.9 Å². The number of carbonyl (C=O) groups is 4. The summed E-state index contributed by atoms with van der Waals surface area (Å²) >= 11 is 0. The molecule has 0 bridgehead atoms. The second-order valence-electron chi connectivity index (χ2n) is 6.76. The number of hydrogen-bond acceptors (Lipinski definition) is 5. The molecule has 1 fully saturated rings. The minimum Gasteiger partial charge on any atom is -0.451 e. The zero-order chi connectivity index (χ0) is 21.3. The Hall–Kier alpha value is -3.17. The fourth-order valence-corrected chi connectivity index (χ4v) is 3.30. The molecule has 3 amide bonds. The first kappa shape index (κ1) is 20.6. The number of nitrogens with one attached hydrogen (secondary N) is 1. The van der Waals surface area contributed by atoms with Crippen molar-refractivity contribution in [1.29, 1.82) is 0 Å². The molecule has 10 heteroatoms. The second kappa shape index (κ2) is 8.06. The Kier molecular flexibility index (Phi) is 5.71. The van der Waals surface area contributed by atoms with Crippen molar-refractivity contribution < 1.29 is 37.1 Å². The molecule has 1 heterocycles. The average Bonchev–Trinajstić information content (AvgIpc) is 2.93. The molecule has 0 saturated carbocycles. The van der Waals surface area contributed by atoms with Crippen LogP contribution < -0.4 is 5.32 Å². The third-order valence-corrected chi connectivity index (χ3v) is 4.86. The lowest BCUT2D eigenvalue weighted by molar-refractivity contribution is -0.158. The number of halogens is 3. The van der Waals surface area contributed by atoms with E-state index in [2.05, 4.69) is 0 Å². The molecule has 0 spiro atoms. The molecule has 0 aromatic heterocycles. The van der Waals surface area contributed by atoms with E-state index >= 15 is 0 Å². The topological polar surface area (TPSA) is 92.8 Å². The highest BCUT2D eigenvalue weighted by atomic mass is 19.2. The Bertz CT molecular complexity index is 891. The highest BCUT2D eigenvalue weighted by Gasteiger charge is 2.47. The van der Waals surface area contributed by atoms with Gasteiger partial charge < -0.3 is 10.1 Å². The van der Waals surface area contributed by atoms with Crippen LogP contribution in [-0.4, -0.2) is 41.2 Å². The average molecular weight is 410 g/mol. The lowest BCUT2D eigenvalue weighted by atomic mass is 9.85. The summed E-state index contributed by atoms with van der Waals surface area (Å²) in [4.78, 5) is 49.6. The highest BCUT2D eigenvalue weighted by molar-refractivity contribution is 6.07. The van der Waals surface area contributed by atoms with Gasteiger partial charge in [0.25, 0.3) is 5.91 Å². The van der Waals surface area contributed by atoms with Crippen molar-refractivity contribution >= 4 is 29.4 Å². The van der Waals surface area contributed by atoms with Crippen LogP contribution in [-0.2, 0) is 23.9 Å². The van der Waals surface area contributed by atoms with E-state index in [1.54, 1.807) is 12.2 Å². The van der Waals surface area contributed by atoms with Crippen LogP contribution in [0.3, 0.4) is 0 Å². The lowest BCUT2D eigenvalue weighted by Crippen LogP contribution is -2.39. The maximum atomic E-state index is 13.6. The molecule has 1 N–H and O–H groups in total. The predicted molar refractivity (Wildman–Crippen MR) is 92.6 cm³/mol. The van der Waals surface area contributed by atoms with Crippen molar-refractivity contribution in [3.8, 4) is 0 Å². The van der Waals surface area contributed by atoms with Gasteiger partial charge in [-0.15, -0.1) is 0 Å². The zero-order valence-electron chi connectivity index (χ0n) is 15.3. The van der Waals surface area contributed by atoms with E-state index in [0.29, 0.717) is 18.9 Å². The third-order valence-electron chi connectivity index (χ3n) is 4.86. The first-order valence-corrected chi connectivity index (χ1v) is 8.84. The van der Waals surface area contributed by atoms with Crippen molar-refractivity contribution in [3.63, 3.8) is 0 Å². The molecule has 3 atom stereocenters. The maximum absolute atomic E-state index is 13.6. The van der Waals surface area contributed by atoms with Crippen molar-refractivity contribution in [2.24, 2.45) is 11.8 Å². The number of carbonyl (C=O) groups excluding carboxylic acids is 4. The molecule has 1 saturated heterocycles. The quantitative estimate of drug-likeness (QED) is 0.347.